The molecule has 0 saturated heterocycles. The molecule has 1 aromatic carbocycles. The molecule has 1 N–H and O–H groups in total. The molecule has 1 aromatic heterocycles. The van der Waals surface area contributed by atoms with Crippen molar-refractivity contribution < 1.29 is 0 Å². The zero-order valence-electron chi connectivity index (χ0n) is 9.47. The van der Waals surface area contributed by atoms with Gasteiger partial charge < -0.3 is 5.32 Å². The second-order valence-electron chi connectivity index (χ2n) is 3.82. The third kappa shape index (κ3) is 2.58. The highest BCUT2D eigenvalue weighted by molar-refractivity contribution is 7.03. The van der Waals surface area contributed by atoms with Gasteiger partial charge in [-0.3, -0.25) is 0 Å². The molecule has 0 radical (unpaired) electrons. The van der Waals surface area contributed by atoms with Crippen molar-refractivity contribution in [3.63, 3.8) is 0 Å². The van der Waals surface area contributed by atoms with Crippen LogP contribution in [0.4, 0.5) is 5.69 Å². The highest BCUT2D eigenvalue weighted by Gasteiger charge is 2.02. The monoisotopic (exact) mass is 233 g/mol. The summed E-state index contributed by atoms with van der Waals surface area (Å²) in [6.45, 7) is 4.35. The number of rotatable bonds is 4. The Kier molecular flexibility index (Phi) is 3.51. The first-order valence-electron chi connectivity index (χ1n) is 5.43. The quantitative estimate of drug-likeness (QED) is 0.879. The summed E-state index contributed by atoms with van der Waals surface area (Å²) < 4.78 is 3.86. The normalized spacial score (nSPS) is 12.4. The lowest BCUT2D eigenvalue weighted by Gasteiger charge is -2.12. The highest BCUT2D eigenvalue weighted by atomic mass is 32.1. The van der Waals surface area contributed by atoms with E-state index in [1.165, 1.54) is 11.5 Å². The van der Waals surface area contributed by atoms with E-state index in [1.807, 2.05) is 5.38 Å². The van der Waals surface area contributed by atoms with Crippen molar-refractivity contribution in [3.05, 3.63) is 29.6 Å². The first kappa shape index (κ1) is 11.1. The smallest absolute Gasteiger partial charge is 0.105 e. The molecule has 0 fully saturated rings. The van der Waals surface area contributed by atoms with Crippen LogP contribution in [0.25, 0.3) is 11.3 Å². The Hall–Kier alpha value is -1.42. The summed E-state index contributed by atoms with van der Waals surface area (Å²) in [6, 6.07) is 8.82. The maximum Gasteiger partial charge on any atom is 0.105 e. The summed E-state index contributed by atoms with van der Waals surface area (Å²) in [5.74, 6) is 0. The lowest BCUT2D eigenvalue weighted by molar-refractivity contribution is 0.764. The number of benzene rings is 1. The average molecular weight is 233 g/mol. The van der Waals surface area contributed by atoms with Gasteiger partial charge in [0.2, 0.25) is 0 Å². The van der Waals surface area contributed by atoms with Crippen LogP contribution in [0.5, 0.6) is 0 Å². The molecule has 0 aliphatic heterocycles. The Balaban J connectivity index is 2.11. The molecule has 0 saturated carbocycles. The SMILES string of the molecule is CCC(C)Nc1ccc(-c2csnn2)cc1. The van der Waals surface area contributed by atoms with Crippen LogP contribution < -0.4 is 5.32 Å². The minimum absolute atomic E-state index is 0.506. The standard InChI is InChI=1S/C12H15N3S/c1-3-9(2)13-11-6-4-10(5-7-11)12-8-16-15-14-12/h4-9,13H,3H2,1-2H3. The van der Waals surface area contributed by atoms with E-state index in [0.717, 1.165) is 23.4 Å². The Bertz CT molecular complexity index is 422. The summed E-state index contributed by atoms with van der Waals surface area (Å²) >= 11 is 1.38. The van der Waals surface area contributed by atoms with Gasteiger partial charge in [0.25, 0.3) is 0 Å². The van der Waals surface area contributed by atoms with Gasteiger partial charge in [-0.2, -0.15) is 0 Å². The van der Waals surface area contributed by atoms with Gasteiger partial charge >= 0.3 is 0 Å². The summed E-state index contributed by atoms with van der Waals surface area (Å²) in [5, 5.41) is 9.43. The number of aromatic nitrogens is 2. The van der Waals surface area contributed by atoms with E-state index in [-0.39, 0.29) is 0 Å². The number of nitrogens with one attached hydrogen (secondary N) is 1. The van der Waals surface area contributed by atoms with Crippen LogP contribution in [0.3, 0.4) is 0 Å². The van der Waals surface area contributed by atoms with E-state index in [4.69, 9.17) is 0 Å². The predicted molar refractivity (Wildman–Crippen MR) is 68.7 cm³/mol. The first-order valence-corrected chi connectivity index (χ1v) is 6.27. The van der Waals surface area contributed by atoms with E-state index in [9.17, 15) is 0 Å². The van der Waals surface area contributed by atoms with E-state index in [2.05, 4.69) is 53.0 Å². The molecule has 1 unspecified atom stereocenters. The van der Waals surface area contributed by atoms with Gasteiger partial charge in [0.15, 0.2) is 0 Å². The van der Waals surface area contributed by atoms with Gasteiger partial charge in [0.05, 0.1) is 0 Å². The molecule has 3 nitrogen and oxygen atoms in total. The van der Waals surface area contributed by atoms with Crippen molar-refractivity contribution in [1.82, 2.24) is 9.59 Å². The van der Waals surface area contributed by atoms with Crippen LogP contribution in [0.1, 0.15) is 20.3 Å². The van der Waals surface area contributed by atoms with E-state index >= 15 is 0 Å². The molecule has 1 atom stereocenters. The lowest BCUT2D eigenvalue weighted by atomic mass is 10.1. The predicted octanol–water partition coefficient (Wildman–Crippen LogP) is 3.42. The highest BCUT2D eigenvalue weighted by Crippen LogP contribution is 2.20. The van der Waals surface area contributed by atoms with Crippen molar-refractivity contribution in [2.75, 3.05) is 5.32 Å². The van der Waals surface area contributed by atoms with Crippen LogP contribution in [-0.2, 0) is 0 Å². The van der Waals surface area contributed by atoms with Crippen molar-refractivity contribution in [2.24, 2.45) is 0 Å². The van der Waals surface area contributed by atoms with Gasteiger partial charge in [0.1, 0.15) is 5.69 Å². The van der Waals surface area contributed by atoms with Crippen LogP contribution in [-0.4, -0.2) is 15.6 Å². The fourth-order valence-corrected chi connectivity index (χ4v) is 1.88. The van der Waals surface area contributed by atoms with Crippen LogP contribution in [0.15, 0.2) is 29.6 Å². The molecule has 0 aliphatic carbocycles. The Morgan fingerprint density at radius 3 is 2.62 bits per heavy atom. The summed E-state index contributed by atoms with van der Waals surface area (Å²) in [5.41, 5.74) is 3.21. The van der Waals surface area contributed by atoms with Crippen molar-refractivity contribution >= 4 is 17.2 Å². The maximum absolute atomic E-state index is 4.04. The van der Waals surface area contributed by atoms with Gasteiger partial charge in [-0.05, 0) is 37.0 Å². The largest absolute Gasteiger partial charge is 0.383 e. The average Bonchev–Trinajstić information content (AvgIpc) is 2.83. The first-order chi connectivity index (χ1) is 7.79. The molecular formula is C12H15N3S. The van der Waals surface area contributed by atoms with Crippen LogP contribution in [0, 0.1) is 0 Å². The molecule has 0 spiro atoms. The molecule has 0 bridgehead atoms. The summed E-state index contributed by atoms with van der Waals surface area (Å²) in [4.78, 5) is 0. The van der Waals surface area contributed by atoms with Crippen molar-refractivity contribution in [2.45, 2.75) is 26.3 Å². The van der Waals surface area contributed by atoms with E-state index in [0.29, 0.717) is 6.04 Å². The molecule has 1 heterocycles. The Morgan fingerprint density at radius 1 is 1.31 bits per heavy atom. The van der Waals surface area contributed by atoms with Gasteiger partial charge in [-0.25, -0.2) is 0 Å². The molecule has 4 heteroatoms. The maximum atomic E-state index is 4.04. The molecule has 0 amide bonds. The Labute approximate surface area is 99.7 Å². The van der Waals surface area contributed by atoms with Crippen molar-refractivity contribution in [3.8, 4) is 11.3 Å². The Morgan fingerprint density at radius 2 is 2.06 bits per heavy atom. The van der Waals surface area contributed by atoms with Gasteiger partial charge in [-0.1, -0.05) is 23.5 Å². The number of hydrogen-bond donors (Lipinski definition) is 1. The number of nitrogens with zero attached hydrogens (tertiary/aromatic N) is 2. The molecule has 2 aromatic rings. The third-order valence-corrected chi connectivity index (χ3v) is 3.07. The van der Waals surface area contributed by atoms with Gasteiger partial charge in [-0.15, -0.1) is 5.10 Å². The molecule has 84 valence electrons. The fraction of sp³-hybridized carbons (Fsp3) is 0.333. The minimum atomic E-state index is 0.506. The third-order valence-electron chi connectivity index (χ3n) is 2.57. The minimum Gasteiger partial charge on any atom is -0.383 e. The molecule has 2 rings (SSSR count). The van der Waals surface area contributed by atoms with Gasteiger partial charge in [0, 0.05) is 22.7 Å². The second-order valence-corrected chi connectivity index (χ2v) is 4.43. The van der Waals surface area contributed by atoms with Crippen molar-refractivity contribution in [1.29, 1.82) is 0 Å². The molecular weight excluding hydrogens is 218 g/mol. The van der Waals surface area contributed by atoms with E-state index < -0.39 is 0 Å². The molecule has 16 heavy (non-hydrogen) atoms. The number of hydrogen-bond acceptors (Lipinski definition) is 4. The van der Waals surface area contributed by atoms with Crippen LogP contribution >= 0.6 is 11.5 Å². The zero-order valence-corrected chi connectivity index (χ0v) is 10.3. The fourth-order valence-electron chi connectivity index (χ4n) is 1.41. The zero-order chi connectivity index (χ0) is 11.4. The summed E-state index contributed by atoms with van der Waals surface area (Å²) in [6.07, 6.45) is 1.12. The summed E-state index contributed by atoms with van der Waals surface area (Å²) in [7, 11) is 0. The number of anilines is 1. The van der Waals surface area contributed by atoms with E-state index in [1.54, 1.807) is 0 Å². The molecule has 0 aliphatic rings. The second kappa shape index (κ2) is 5.07. The lowest BCUT2D eigenvalue weighted by Crippen LogP contribution is -2.12. The van der Waals surface area contributed by atoms with Crippen LogP contribution in [0.2, 0.25) is 0 Å². The topological polar surface area (TPSA) is 37.8 Å².